The zero-order chi connectivity index (χ0) is 14.2. The molecule has 1 aliphatic heterocycles. The van der Waals surface area contributed by atoms with E-state index in [-0.39, 0.29) is 12.4 Å². The summed E-state index contributed by atoms with van der Waals surface area (Å²) in [6.07, 6.45) is 4.23. The first kappa shape index (κ1) is 14.8. The number of benzene rings is 1. The quantitative estimate of drug-likeness (QED) is 0.556. The Bertz CT molecular complexity index is 421. The predicted molar refractivity (Wildman–Crippen MR) is 79.1 cm³/mol. The Hall–Kier alpha value is -1.58. The smallest absolute Gasteiger partial charge is 0.158 e. The first-order valence-electron chi connectivity index (χ1n) is 7.03. The van der Waals surface area contributed by atoms with Crippen molar-refractivity contribution < 1.29 is 14.2 Å². The van der Waals surface area contributed by atoms with Crippen molar-refractivity contribution in [2.75, 3.05) is 13.2 Å². The summed E-state index contributed by atoms with van der Waals surface area (Å²) in [6, 6.07) is 10.0. The number of hydrogen-bond acceptors (Lipinski definition) is 3. The molecule has 1 aromatic rings. The monoisotopic (exact) mass is 274 g/mol. The van der Waals surface area contributed by atoms with Gasteiger partial charge in [-0.25, -0.2) is 0 Å². The second-order valence-electron chi connectivity index (χ2n) is 4.86. The minimum absolute atomic E-state index is 0.158. The molecule has 0 saturated carbocycles. The number of ether oxygens (including phenoxy) is 3. The van der Waals surface area contributed by atoms with Crippen molar-refractivity contribution in [1.82, 2.24) is 0 Å². The molecule has 0 radical (unpaired) electrons. The van der Waals surface area contributed by atoms with Crippen LogP contribution in [-0.4, -0.2) is 19.5 Å². The van der Waals surface area contributed by atoms with Gasteiger partial charge in [0.25, 0.3) is 0 Å². The molecule has 1 fully saturated rings. The van der Waals surface area contributed by atoms with E-state index in [1.165, 1.54) is 6.26 Å². The van der Waals surface area contributed by atoms with Crippen LogP contribution in [0.1, 0.15) is 30.9 Å². The van der Waals surface area contributed by atoms with Gasteiger partial charge in [-0.3, -0.25) is 0 Å². The van der Waals surface area contributed by atoms with E-state index in [1.54, 1.807) is 0 Å². The second-order valence-corrected chi connectivity index (χ2v) is 4.86. The van der Waals surface area contributed by atoms with Crippen molar-refractivity contribution in [2.45, 2.75) is 31.7 Å². The lowest BCUT2D eigenvalue weighted by atomic mass is 10.0. The van der Waals surface area contributed by atoms with Crippen LogP contribution in [0, 0.1) is 0 Å². The predicted octanol–water partition coefficient (Wildman–Crippen LogP) is 3.99. The van der Waals surface area contributed by atoms with Crippen LogP contribution < -0.4 is 0 Å². The molecule has 1 aromatic carbocycles. The third-order valence-electron chi connectivity index (χ3n) is 3.29. The maximum atomic E-state index is 6.10. The molecule has 0 spiro atoms. The van der Waals surface area contributed by atoms with Crippen molar-refractivity contribution in [2.24, 2.45) is 0 Å². The Balaban J connectivity index is 2.06. The summed E-state index contributed by atoms with van der Waals surface area (Å²) in [5.74, 6) is 0. The van der Waals surface area contributed by atoms with Gasteiger partial charge in [-0.1, -0.05) is 43.5 Å². The van der Waals surface area contributed by atoms with Gasteiger partial charge in [-0.05, 0) is 30.4 Å². The summed E-state index contributed by atoms with van der Waals surface area (Å²) in [7, 11) is 0. The van der Waals surface area contributed by atoms with Crippen LogP contribution in [0.5, 0.6) is 0 Å². The highest BCUT2D eigenvalue weighted by Gasteiger charge is 2.23. The molecule has 0 aliphatic carbocycles. The molecule has 0 amide bonds. The van der Waals surface area contributed by atoms with Gasteiger partial charge in [0.05, 0.1) is 6.26 Å². The van der Waals surface area contributed by atoms with Gasteiger partial charge in [-0.2, -0.15) is 0 Å². The molecular weight excluding hydrogens is 252 g/mol. The Morgan fingerprint density at radius 2 is 2.15 bits per heavy atom. The standard InChI is InChI=1S/C17H22O3/c1-3-18-13-14(2)17(15-9-5-4-6-10-15)20-16-11-7-8-12-19-16/h3-6,9-10,16-17H,1-2,7-8,11-13H2. The van der Waals surface area contributed by atoms with Gasteiger partial charge in [-0.15, -0.1) is 0 Å². The van der Waals surface area contributed by atoms with Crippen LogP contribution in [0.3, 0.4) is 0 Å². The second kappa shape index (κ2) is 7.88. The molecule has 3 nitrogen and oxygen atoms in total. The molecule has 0 N–H and O–H groups in total. The summed E-state index contributed by atoms with van der Waals surface area (Å²) in [5.41, 5.74) is 1.93. The fourth-order valence-electron chi connectivity index (χ4n) is 2.25. The fourth-order valence-corrected chi connectivity index (χ4v) is 2.25. The largest absolute Gasteiger partial charge is 0.497 e. The summed E-state index contributed by atoms with van der Waals surface area (Å²) >= 11 is 0. The highest BCUT2D eigenvalue weighted by atomic mass is 16.7. The Labute approximate surface area is 120 Å². The average molecular weight is 274 g/mol. The maximum Gasteiger partial charge on any atom is 0.158 e. The SMILES string of the molecule is C=COCC(=C)C(OC1CCCCO1)c1ccccc1. The van der Waals surface area contributed by atoms with Crippen LogP contribution in [0.15, 0.2) is 55.3 Å². The minimum atomic E-state index is -0.209. The summed E-state index contributed by atoms with van der Waals surface area (Å²) < 4.78 is 17.0. The zero-order valence-corrected chi connectivity index (χ0v) is 11.8. The van der Waals surface area contributed by atoms with E-state index in [2.05, 4.69) is 13.2 Å². The first-order chi connectivity index (χ1) is 9.81. The van der Waals surface area contributed by atoms with E-state index in [4.69, 9.17) is 14.2 Å². The van der Waals surface area contributed by atoms with Crippen molar-refractivity contribution >= 4 is 0 Å². The van der Waals surface area contributed by atoms with Crippen molar-refractivity contribution in [3.8, 4) is 0 Å². The highest BCUT2D eigenvalue weighted by Crippen LogP contribution is 2.29. The topological polar surface area (TPSA) is 27.7 Å². The van der Waals surface area contributed by atoms with Crippen molar-refractivity contribution in [1.29, 1.82) is 0 Å². The fraction of sp³-hybridized carbons (Fsp3) is 0.412. The lowest BCUT2D eigenvalue weighted by Crippen LogP contribution is -2.25. The van der Waals surface area contributed by atoms with Gasteiger partial charge in [0.15, 0.2) is 6.29 Å². The third-order valence-corrected chi connectivity index (χ3v) is 3.29. The van der Waals surface area contributed by atoms with Crippen molar-refractivity contribution in [3.05, 3.63) is 60.9 Å². The van der Waals surface area contributed by atoms with Gasteiger partial charge in [0, 0.05) is 6.61 Å². The molecule has 1 heterocycles. The molecule has 0 aromatic heterocycles. The van der Waals surface area contributed by atoms with Crippen molar-refractivity contribution in [3.63, 3.8) is 0 Å². The first-order valence-corrected chi connectivity index (χ1v) is 7.03. The van der Waals surface area contributed by atoms with Gasteiger partial charge >= 0.3 is 0 Å². The van der Waals surface area contributed by atoms with E-state index < -0.39 is 0 Å². The van der Waals surface area contributed by atoms with Gasteiger partial charge < -0.3 is 14.2 Å². The van der Waals surface area contributed by atoms with Crippen LogP contribution in [0.2, 0.25) is 0 Å². The maximum absolute atomic E-state index is 6.10. The average Bonchev–Trinajstić information content (AvgIpc) is 2.52. The zero-order valence-electron chi connectivity index (χ0n) is 11.8. The molecule has 20 heavy (non-hydrogen) atoms. The van der Waals surface area contributed by atoms with E-state index in [9.17, 15) is 0 Å². The summed E-state index contributed by atoms with van der Waals surface area (Å²) in [5, 5.41) is 0. The molecule has 1 saturated heterocycles. The van der Waals surface area contributed by atoms with E-state index in [0.29, 0.717) is 6.61 Å². The van der Waals surface area contributed by atoms with Crippen LogP contribution in [0.25, 0.3) is 0 Å². The molecule has 2 unspecified atom stereocenters. The third kappa shape index (κ3) is 4.22. The van der Waals surface area contributed by atoms with Gasteiger partial charge in [0.1, 0.15) is 12.7 Å². The van der Waals surface area contributed by atoms with E-state index in [1.807, 2.05) is 30.3 Å². The number of hydrogen-bond donors (Lipinski definition) is 0. The molecule has 2 rings (SSSR count). The van der Waals surface area contributed by atoms with Crippen LogP contribution in [-0.2, 0) is 14.2 Å². The molecule has 3 heteroatoms. The Morgan fingerprint density at radius 1 is 1.35 bits per heavy atom. The van der Waals surface area contributed by atoms with E-state index in [0.717, 1.165) is 37.0 Å². The molecule has 2 atom stereocenters. The minimum Gasteiger partial charge on any atom is -0.497 e. The summed E-state index contributed by atoms with van der Waals surface area (Å²) in [6.45, 7) is 8.80. The van der Waals surface area contributed by atoms with Crippen LogP contribution >= 0.6 is 0 Å². The molecule has 1 aliphatic rings. The lowest BCUT2D eigenvalue weighted by Gasteiger charge is -2.29. The molecular formula is C17H22O3. The normalized spacial score (nSPS) is 20.1. The van der Waals surface area contributed by atoms with Crippen LogP contribution in [0.4, 0.5) is 0 Å². The number of rotatable bonds is 7. The summed E-state index contributed by atoms with van der Waals surface area (Å²) in [4.78, 5) is 0. The molecule has 0 bridgehead atoms. The Kier molecular flexibility index (Phi) is 5.84. The molecule has 108 valence electrons. The Morgan fingerprint density at radius 3 is 2.80 bits per heavy atom. The van der Waals surface area contributed by atoms with Gasteiger partial charge in [0.2, 0.25) is 0 Å². The van der Waals surface area contributed by atoms with E-state index >= 15 is 0 Å². The highest BCUT2D eigenvalue weighted by molar-refractivity contribution is 5.25. The lowest BCUT2D eigenvalue weighted by molar-refractivity contribution is -0.183.